The Kier molecular flexibility index (Phi) is 48.3. The maximum absolute atomic E-state index is 13.3. The van der Waals surface area contributed by atoms with Crippen LogP contribution in [0.1, 0.15) is 296 Å². The van der Waals surface area contributed by atoms with Gasteiger partial charge in [-0.1, -0.05) is 269 Å². The number of hydrogen-bond donors (Lipinski definition) is 9. The van der Waals surface area contributed by atoms with Crippen molar-refractivity contribution >= 4 is 5.91 Å². The first-order valence-electron chi connectivity index (χ1n) is 33.6. The standard InChI is InChI=1S/C66H125NO13/c1-3-5-7-9-11-13-15-16-17-18-19-20-21-22-23-24-25-26-27-28-29-30-31-32-33-34-35-36-37-38-40-42-44-46-48-50-58(71)67-54(55(70)49-47-45-43-41-39-14-12-10-8-6-4-2)53-77-65-63(76)61(74)64(57(52-69)79-65)80-66-62(75)60(73)59(72)56(51-68)78-66/h18-19,47,49,54-57,59-66,68-70,72-76H,3-17,20-46,48,50-53H2,1-2H3,(H,67,71)/b19-18-,49-47+. The molecule has 0 aromatic carbocycles. The van der Waals surface area contributed by atoms with Crippen molar-refractivity contribution in [3.63, 3.8) is 0 Å². The molecule has 2 saturated heterocycles. The minimum absolute atomic E-state index is 0.235. The van der Waals surface area contributed by atoms with Crippen LogP contribution in [-0.2, 0) is 23.7 Å². The van der Waals surface area contributed by atoms with E-state index in [1.165, 1.54) is 231 Å². The van der Waals surface area contributed by atoms with Gasteiger partial charge in [-0.15, -0.1) is 0 Å². The monoisotopic (exact) mass is 1140 g/mol. The van der Waals surface area contributed by atoms with Crippen LogP contribution in [0.5, 0.6) is 0 Å². The lowest BCUT2D eigenvalue weighted by atomic mass is 9.97. The van der Waals surface area contributed by atoms with E-state index in [1.807, 2.05) is 6.08 Å². The van der Waals surface area contributed by atoms with E-state index in [9.17, 15) is 45.6 Å². The summed E-state index contributed by atoms with van der Waals surface area (Å²) in [5.41, 5.74) is 0. The summed E-state index contributed by atoms with van der Waals surface area (Å²) in [6.45, 7) is 2.80. The highest BCUT2D eigenvalue weighted by Crippen LogP contribution is 2.30. The third-order valence-corrected chi connectivity index (χ3v) is 16.6. The van der Waals surface area contributed by atoms with Crippen molar-refractivity contribution in [2.24, 2.45) is 0 Å². The highest BCUT2D eigenvalue weighted by atomic mass is 16.7. The molecule has 2 aliphatic heterocycles. The average molecular weight is 1140 g/mol. The highest BCUT2D eigenvalue weighted by Gasteiger charge is 2.51. The van der Waals surface area contributed by atoms with E-state index in [-0.39, 0.29) is 18.9 Å². The van der Waals surface area contributed by atoms with E-state index >= 15 is 0 Å². The molecule has 80 heavy (non-hydrogen) atoms. The normalized spacial score (nSPS) is 24.3. The first-order chi connectivity index (χ1) is 39.1. The van der Waals surface area contributed by atoms with Crippen LogP contribution in [0.25, 0.3) is 0 Å². The number of aliphatic hydroxyl groups excluding tert-OH is 8. The van der Waals surface area contributed by atoms with Crippen molar-refractivity contribution in [3.05, 3.63) is 24.3 Å². The van der Waals surface area contributed by atoms with Crippen molar-refractivity contribution in [2.75, 3.05) is 19.8 Å². The van der Waals surface area contributed by atoms with E-state index in [0.717, 1.165) is 38.5 Å². The Bertz CT molecular complexity index is 1440. The maximum Gasteiger partial charge on any atom is 0.220 e. The van der Waals surface area contributed by atoms with E-state index in [0.29, 0.717) is 6.42 Å². The number of carbonyl (C=O) groups is 1. The summed E-state index contributed by atoms with van der Waals surface area (Å²) in [6, 6.07) is -0.910. The van der Waals surface area contributed by atoms with Gasteiger partial charge < -0.3 is 65.1 Å². The first-order valence-corrected chi connectivity index (χ1v) is 33.6. The number of allylic oxidation sites excluding steroid dienone is 3. The van der Waals surface area contributed by atoms with Gasteiger partial charge in [0.15, 0.2) is 12.6 Å². The molecular weight excluding hydrogens is 1010 g/mol. The molecule has 2 fully saturated rings. The number of carbonyl (C=O) groups excluding carboxylic acids is 1. The minimum atomic E-state index is -1.79. The second-order valence-corrected chi connectivity index (χ2v) is 24.0. The average Bonchev–Trinajstić information content (AvgIpc) is 3.46. The molecule has 14 nitrogen and oxygen atoms in total. The van der Waals surface area contributed by atoms with E-state index < -0.39 is 86.8 Å². The molecule has 0 radical (unpaired) electrons. The molecule has 0 aliphatic carbocycles. The van der Waals surface area contributed by atoms with Crippen molar-refractivity contribution in [1.29, 1.82) is 0 Å². The van der Waals surface area contributed by atoms with Gasteiger partial charge in [-0.2, -0.15) is 0 Å². The summed E-state index contributed by atoms with van der Waals surface area (Å²) in [4.78, 5) is 13.3. The van der Waals surface area contributed by atoms with Crippen LogP contribution in [0, 0.1) is 0 Å². The second-order valence-electron chi connectivity index (χ2n) is 24.0. The van der Waals surface area contributed by atoms with Gasteiger partial charge in [-0.25, -0.2) is 0 Å². The lowest BCUT2D eigenvalue weighted by Gasteiger charge is -2.46. The summed E-state index contributed by atoms with van der Waals surface area (Å²) in [5, 5.41) is 87.0. The third kappa shape index (κ3) is 36.3. The van der Waals surface area contributed by atoms with Crippen molar-refractivity contribution in [3.8, 4) is 0 Å². The molecule has 472 valence electrons. The lowest BCUT2D eigenvalue weighted by Crippen LogP contribution is -2.65. The first kappa shape index (κ1) is 74.6. The van der Waals surface area contributed by atoms with Gasteiger partial charge in [0.25, 0.3) is 0 Å². The fourth-order valence-electron chi connectivity index (χ4n) is 11.2. The Morgan fingerprint density at radius 3 is 1.19 bits per heavy atom. The quantitative estimate of drug-likeness (QED) is 0.0204. The number of amides is 1. The zero-order valence-electron chi connectivity index (χ0n) is 51.1. The molecule has 9 N–H and O–H groups in total. The summed E-state index contributed by atoms with van der Waals surface area (Å²) >= 11 is 0. The van der Waals surface area contributed by atoms with Gasteiger partial charge in [0.2, 0.25) is 5.91 Å². The van der Waals surface area contributed by atoms with Crippen LogP contribution in [0.4, 0.5) is 0 Å². The number of ether oxygens (including phenoxy) is 4. The molecular formula is C66H125NO13. The molecule has 14 heteroatoms. The molecule has 12 unspecified atom stereocenters. The van der Waals surface area contributed by atoms with Crippen LogP contribution in [0.2, 0.25) is 0 Å². The summed E-state index contributed by atoms with van der Waals surface area (Å²) in [6.07, 6.45) is 47.0. The molecule has 12 atom stereocenters. The van der Waals surface area contributed by atoms with E-state index in [4.69, 9.17) is 18.9 Å². The number of rotatable bonds is 55. The van der Waals surface area contributed by atoms with E-state index in [1.54, 1.807) is 6.08 Å². The van der Waals surface area contributed by atoms with Crippen LogP contribution in [-0.4, -0.2) is 140 Å². The molecule has 2 rings (SSSR count). The van der Waals surface area contributed by atoms with Crippen LogP contribution in [0.3, 0.4) is 0 Å². The Morgan fingerprint density at radius 2 is 0.787 bits per heavy atom. The Morgan fingerprint density at radius 1 is 0.438 bits per heavy atom. The third-order valence-electron chi connectivity index (χ3n) is 16.6. The summed E-state index contributed by atoms with van der Waals surface area (Å²) in [7, 11) is 0. The molecule has 0 spiro atoms. The summed E-state index contributed by atoms with van der Waals surface area (Å²) in [5.74, 6) is -0.235. The van der Waals surface area contributed by atoms with E-state index in [2.05, 4.69) is 31.3 Å². The number of nitrogens with one attached hydrogen (secondary N) is 1. The number of hydrogen-bond acceptors (Lipinski definition) is 13. The predicted molar refractivity (Wildman–Crippen MR) is 323 cm³/mol. The van der Waals surface area contributed by atoms with Crippen LogP contribution < -0.4 is 5.32 Å². The van der Waals surface area contributed by atoms with Gasteiger partial charge in [0, 0.05) is 6.42 Å². The molecule has 2 heterocycles. The van der Waals surface area contributed by atoms with Gasteiger partial charge >= 0.3 is 0 Å². The minimum Gasteiger partial charge on any atom is -0.394 e. The fourth-order valence-corrected chi connectivity index (χ4v) is 11.2. The zero-order chi connectivity index (χ0) is 58.1. The van der Waals surface area contributed by atoms with Crippen molar-refractivity contribution in [1.82, 2.24) is 5.32 Å². The Balaban J connectivity index is 1.57. The van der Waals surface area contributed by atoms with Crippen molar-refractivity contribution in [2.45, 2.75) is 370 Å². The maximum atomic E-state index is 13.3. The van der Waals surface area contributed by atoms with Crippen LogP contribution >= 0.6 is 0 Å². The van der Waals surface area contributed by atoms with Crippen LogP contribution in [0.15, 0.2) is 24.3 Å². The van der Waals surface area contributed by atoms with Gasteiger partial charge in [-0.05, 0) is 44.9 Å². The lowest BCUT2D eigenvalue weighted by molar-refractivity contribution is -0.359. The molecule has 2 aliphatic rings. The number of unbranched alkanes of at least 4 members (excludes halogenated alkanes) is 40. The zero-order valence-corrected chi connectivity index (χ0v) is 51.1. The molecule has 1 amide bonds. The molecule has 0 aromatic rings. The summed E-state index contributed by atoms with van der Waals surface area (Å²) < 4.78 is 22.8. The molecule has 0 bridgehead atoms. The Hall–Kier alpha value is -1.53. The fraction of sp³-hybridized carbons (Fsp3) is 0.924. The van der Waals surface area contributed by atoms with Crippen molar-refractivity contribution < 1.29 is 64.6 Å². The smallest absolute Gasteiger partial charge is 0.220 e. The van der Waals surface area contributed by atoms with Gasteiger partial charge in [0.05, 0.1) is 32.0 Å². The van der Waals surface area contributed by atoms with Gasteiger partial charge in [0.1, 0.15) is 48.8 Å². The molecule has 0 saturated carbocycles. The number of aliphatic hydroxyl groups is 8. The largest absolute Gasteiger partial charge is 0.394 e. The Labute approximate surface area is 488 Å². The van der Waals surface area contributed by atoms with Gasteiger partial charge in [-0.3, -0.25) is 4.79 Å². The SMILES string of the molecule is CCCCCCCCCC/C=C\CCCCCCCCCCCCCCCCCCCCCCCCCC(=O)NC(COC1OC(CO)C(OC2OC(CO)C(O)C(O)C2O)C(O)C1O)C(O)/C=C/CCCCCCCCCCC. The highest BCUT2D eigenvalue weighted by molar-refractivity contribution is 5.76. The predicted octanol–water partition coefficient (Wildman–Crippen LogP) is 12.8. The second kappa shape index (κ2) is 51.9. The topological polar surface area (TPSA) is 228 Å². The molecule has 0 aromatic heterocycles.